The van der Waals surface area contributed by atoms with Crippen LogP contribution < -0.4 is 0 Å². The molecule has 0 aliphatic carbocycles. The van der Waals surface area contributed by atoms with Crippen LogP contribution in [0.3, 0.4) is 0 Å². The fourth-order valence-electron chi connectivity index (χ4n) is 3.98. The Hall–Kier alpha value is -1.88. The number of aryl methyl sites for hydroxylation is 1. The minimum absolute atomic E-state index is 0.0517. The van der Waals surface area contributed by atoms with Crippen LogP contribution in [-0.2, 0) is 9.59 Å². The molecule has 0 bridgehead atoms. The third-order valence-electron chi connectivity index (χ3n) is 5.61. The SMILES string of the molecule is Cc1ccc(C(C(=O)O)N2CCC3(CCC(=O)N3C)CC2)cc1. The number of benzene rings is 1. The van der Waals surface area contributed by atoms with Crippen LogP contribution in [0.25, 0.3) is 0 Å². The number of amides is 1. The van der Waals surface area contributed by atoms with Crippen molar-refractivity contribution in [2.75, 3.05) is 20.1 Å². The number of carbonyl (C=O) groups excluding carboxylic acids is 1. The van der Waals surface area contributed by atoms with Crippen LogP contribution in [0, 0.1) is 6.92 Å². The van der Waals surface area contributed by atoms with Gasteiger partial charge < -0.3 is 10.0 Å². The minimum Gasteiger partial charge on any atom is -0.480 e. The van der Waals surface area contributed by atoms with Gasteiger partial charge in [0.05, 0.1) is 0 Å². The summed E-state index contributed by atoms with van der Waals surface area (Å²) in [5.74, 6) is -0.590. The summed E-state index contributed by atoms with van der Waals surface area (Å²) in [5, 5.41) is 9.69. The monoisotopic (exact) mass is 316 g/mol. The Morgan fingerprint density at radius 2 is 1.78 bits per heavy atom. The first kappa shape index (κ1) is 16.0. The third-order valence-corrected chi connectivity index (χ3v) is 5.61. The van der Waals surface area contributed by atoms with Gasteiger partial charge in [-0.05, 0) is 31.7 Å². The van der Waals surface area contributed by atoms with Gasteiger partial charge in [-0.1, -0.05) is 29.8 Å². The van der Waals surface area contributed by atoms with Crippen molar-refractivity contribution in [3.63, 3.8) is 0 Å². The zero-order valence-corrected chi connectivity index (χ0v) is 13.8. The molecule has 2 heterocycles. The zero-order chi connectivity index (χ0) is 16.6. The smallest absolute Gasteiger partial charge is 0.325 e. The molecular weight excluding hydrogens is 292 g/mol. The third kappa shape index (κ3) is 2.85. The number of carboxylic acid groups (broad SMARTS) is 1. The normalized spacial score (nSPS) is 22.5. The van der Waals surface area contributed by atoms with Crippen molar-refractivity contribution in [3.05, 3.63) is 35.4 Å². The molecule has 5 nitrogen and oxygen atoms in total. The molecule has 1 spiro atoms. The van der Waals surface area contributed by atoms with Crippen molar-refractivity contribution >= 4 is 11.9 Å². The van der Waals surface area contributed by atoms with Gasteiger partial charge in [-0.15, -0.1) is 0 Å². The lowest BCUT2D eigenvalue weighted by molar-refractivity contribution is -0.145. The molecule has 23 heavy (non-hydrogen) atoms. The van der Waals surface area contributed by atoms with Crippen LogP contribution in [0.5, 0.6) is 0 Å². The Bertz CT molecular complexity index is 603. The van der Waals surface area contributed by atoms with Gasteiger partial charge in [0, 0.05) is 32.1 Å². The van der Waals surface area contributed by atoms with E-state index >= 15 is 0 Å². The van der Waals surface area contributed by atoms with Gasteiger partial charge in [0.2, 0.25) is 5.91 Å². The second-order valence-corrected chi connectivity index (χ2v) is 6.86. The van der Waals surface area contributed by atoms with Crippen molar-refractivity contribution in [1.82, 2.24) is 9.80 Å². The lowest BCUT2D eigenvalue weighted by Crippen LogP contribution is -2.53. The Kier molecular flexibility index (Phi) is 4.15. The molecule has 1 N–H and O–H groups in total. The van der Waals surface area contributed by atoms with Gasteiger partial charge in [-0.25, -0.2) is 0 Å². The lowest BCUT2D eigenvalue weighted by atomic mass is 9.84. The highest BCUT2D eigenvalue weighted by Gasteiger charge is 2.46. The largest absolute Gasteiger partial charge is 0.480 e. The molecule has 2 saturated heterocycles. The Morgan fingerprint density at radius 3 is 2.26 bits per heavy atom. The van der Waals surface area contributed by atoms with E-state index in [0.29, 0.717) is 19.5 Å². The highest BCUT2D eigenvalue weighted by atomic mass is 16.4. The maximum absolute atomic E-state index is 11.8. The Balaban J connectivity index is 1.75. The number of hydrogen-bond acceptors (Lipinski definition) is 3. The van der Waals surface area contributed by atoms with Gasteiger partial charge in [-0.2, -0.15) is 0 Å². The molecule has 124 valence electrons. The van der Waals surface area contributed by atoms with Crippen molar-refractivity contribution in [1.29, 1.82) is 0 Å². The molecule has 1 atom stereocenters. The predicted octanol–water partition coefficient (Wildman–Crippen LogP) is 2.21. The Labute approximate surface area is 136 Å². The molecule has 5 heteroatoms. The number of carboxylic acids is 1. The van der Waals surface area contributed by atoms with Gasteiger partial charge in [0.1, 0.15) is 6.04 Å². The topological polar surface area (TPSA) is 60.9 Å². The fourth-order valence-corrected chi connectivity index (χ4v) is 3.98. The standard InChI is InChI=1S/C18H24N2O3/c1-13-3-5-14(6-4-13)16(17(22)23)20-11-9-18(10-12-20)8-7-15(21)19(18)2/h3-6,16H,7-12H2,1-2H3,(H,22,23). The lowest BCUT2D eigenvalue weighted by Gasteiger charge is -2.45. The van der Waals surface area contributed by atoms with E-state index in [2.05, 4.69) is 0 Å². The summed E-state index contributed by atoms with van der Waals surface area (Å²) in [7, 11) is 1.89. The fraction of sp³-hybridized carbons (Fsp3) is 0.556. The number of piperidine rings is 1. The number of carbonyl (C=O) groups is 2. The molecular formula is C18H24N2O3. The first-order valence-corrected chi connectivity index (χ1v) is 8.23. The summed E-state index contributed by atoms with van der Waals surface area (Å²) in [5.41, 5.74) is 1.90. The number of aliphatic carboxylic acids is 1. The van der Waals surface area contributed by atoms with E-state index in [-0.39, 0.29) is 11.4 Å². The first-order valence-electron chi connectivity index (χ1n) is 8.23. The highest BCUT2D eigenvalue weighted by Crippen LogP contribution is 2.39. The van der Waals surface area contributed by atoms with Crippen LogP contribution >= 0.6 is 0 Å². The van der Waals surface area contributed by atoms with Gasteiger partial charge in [0.15, 0.2) is 0 Å². The van der Waals surface area contributed by atoms with Crippen LogP contribution in [0.4, 0.5) is 0 Å². The summed E-state index contributed by atoms with van der Waals surface area (Å²) >= 11 is 0. The molecule has 0 radical (unpaired) electrons. The molecule has 1 aromatic carbocycles. The van der Waals surface area contributed by atoms with Crippen LogP contribution in [-0.4, -0.2) is 52.5 Å². The first-order chi connectivity index (χ1) is 10.9. The number of rotatable bonds is 3. The maximum atomic E-state index is 11.8. The van der Waals surface area contributed by atoms with E-state index in [1.807, 2.05) is 48.0 Å². The molecule has 3 rings (SSSR count). The van der Waals surface area contributed by atoms with Crippen LogP contribution in [0.1, 0.15) is 42.9 Å². The highest BCUT2D eigenvalue weighted by molar-refractivity contribution is 5.79. The van der Waals surface area contributed by atoms with Crippen molar-refractivity contribution in [2.45, 2.75) is 44.2 Å². The summed E-state index contributed by atoms with van der Waals surface area (Å²) in [6.07, 6.45) is 3.23. The van der Waals surface area contributed by atoms with E-state index in [9.17, 15) is 14.7 Å². The van der Waals surface area contributed by atoms with Crippen LogP contribution in [0.2, 0.25) is 0 Å². The van der Waals surface area contributed by atoms with E-state index in [0.717, 1.165) is 30.4 Å². The molecule has 1 amide bonds. The van der Waals surface area contributed by atoms with Crippen molar-refractivity contribution in [2.24, 2.45) is 0 Å². The zero-order valence-electron chi connectivity index (χ0n) is 13.8. The van der Waals surface area contributed by atoms with E-state index in [4.69, 9.17) is 0 Å². The summed E-state index contributed by atoms with van der Waals surface area (Å²) in [4.78, 5) is 27.6. The Morgan fingerprint density at radius 1 is 1.17 bits per heavy atom. The van der Waals surface area contributed by atoms with E-state index in [1.54, 1.807) is 0 Å². The van der Waals surface area contributed by atoms with Gasteiger partial charge >= 0.3 is 5.97 Å². The quantitative estimate of drug-likeness (QED) is 0.929. The average molecular weight is 316 g/mol. The molecule has 0 saturated carbocycles. The second kappa shape index (κ2) is 5.96. The molecule has 1 aromatic rings. The molecule has 1 unspecified atom stereocenters. The number of nitrogens with zero attached hydrogens (tertiary/aromatic N) is 2. The van der Waals surface area contributed by atoms with Gasteiger partial charge in [-0.3, -0.25) is 14.5 Å². The summed E-state index contributed by atoms with van der Waals surface area (Å²) < 4.78 is 0. The predicted molar refractivity (Wildman–Crippen MR) is 87.1 cm³/mol. The van der Waals surface area contributed by atoms with Crippen molar-refractivity contribution in [3.8, 4) is 0 Å². The second-order valence-electron chi connectivity index (χ2n) is 6.86. The summed E-state index contributed by atoms with van der Waals surface area (Å²) in [6.45, 7) is 3.42. The maximum Gasteiger partial charge on any atom is 0.325 e. The molecule has 0 aromatic heterocycles. The molecule has 2 aliphatic rings. The summed E-state index contributed by atoms with van der Waals surface area (Å²) in [6, 6.07) is 7.13. The number of hydrogen-bond donors (Lipinski definition) is 1. The van der Waals surface area contributed by atoms with Crippen molar-refractivity contribution < 1.29 is 14.7 Å². The van der Waals surface area contributed by atoms with Crippen LogP contribution in [0.15, 0.2) is 24.3 Å². The average Bonchev–Trinajstić information content (AvgIpc) is 2.80. The van der Waals surface area contributed by atoms with E-state index in [1.165, 1.54) is 0 Å². The van der Waals surface area contributed by atoms with Gasteiger partial charge in [0.25, 0.3) is 0 Å². The molecule has 2 fully saturated rings. The minimum atomic E-state index is -0.805. The number of likely N-dealkylation sites (tertiary alicyclic amines) is 2. The van der Waals surface area contributed by atoms with E-state index < -0.39 is 12.0 Å². The molecule has 2 aliphatic heterocycles.